The van der Waals surface area contributed by atoms with Crippen LogP contribution in [0.15, 0.2) is 24.3 Å². The lowest BCUT2D eigenvalue weighted by Crippen LogP contribution is -2.50. The predicted molar refractivity (Wildman–Crippen MR) is 88.0 cm³/mol. The first-order valence-electron chi connectivity index (χ1n) is 7.88. The topological polar surface area (TPSA) is 66.9 Å². The van der Waals surface area contributed by atoms with Crippen molar-refractivity contribution in [3.63, 3.8) is 0 Å². The van der Waals surface area contributed by atoms with Crippen LogP contribution >= 0.6 is 0 Å². The highest BCUT2D eigenvalue weighted by Crippen LogP contribution is 2.35. The van der Waals surface area contributed by atoms with Crippen LogP contribution in [0.3, 0.4) is 0 Å². The summed E-state index contributed by atoms with van der Waals surface area (Å²) in [5.41, 5.74) is 0.807. The number of fused-ring (bicyclic) bond motifs is 1. The van der Waals surface area contributed by atoms with Gasteiger partial charge >= 0.3 is 0 Å². The summed E-state index contributed by atoms with van der Waals surface area (Å²) >= 11 is 0. The molecule has 1 amide bonds. The van der Waals surface area contributed by atoms with Crippen molar-refractivity contribution in [3.05, 3.63) is 24.3 Å². The largest absolute Gasteiger partial charge is 0.489 e. The Bertz CT molecular complexity index is 696. The van der Waals surface area contributed by atoms with Crippen LogP contribution < -0.4 is 9.64 Å². The van der Waals surface area contributed by atoms with E-state index in [0.29, 0.717) is 32.5 Å². The zero-order chi connectivity index (χ0) is 16.6. The summed E-state index contributed by atoms with van der Waals surface area (Å²) in [7, 11) is -3.17. The minimum atomic E-state index is -3.17. The van der Waals surface area contributed by atoms with E-state index < -0.39 is 10.0 Å². The lowest BCUT2D eigenvalue weighted by Gasteiger charge is -2.39. The molecule has 1 fully saturated rings. The van der Waals surface area contributed by atoms with E-state index in [0.717, 1.165) is 11.4 Å². The molecule has 126 valence electrons. The molecule has 6 nitrogen and oxygen atoms in total. The smallest absolute Gasteiger partial charge is 0.230 e. The number of hydrogen-bond acceptors (Lipinski definition) is 4. The summed E-state index contributed by atoms with van der Waals surface area (Å²) < 4.78 is 30.3. The Hall–Kier alpha value is -1.60. The Morgan fingerprint density at radius 1 is 1.22 bits per heavy atom. The average molecular weight is 338 g/mol. The molecule has 0 radical (unpaired) electrons. The van der Waals surface area contributed by atoms with Crippen LogP contribution in [-0.2, 0) is 14.8 Å². The molecule has 2 aliphatic rings. The molecule has 0 N–H and O–H groups in total. The molecule has 0 bridgehead atoms. The number of amides is 1. The first-order valence-corrected chi connectivity index (χ1v) is 9.73. The number of rotatable bonds is 2. The lowest BCUT2D eigenvalue weighted by molar-refractivity contribution is -0.124. The van der Waals surface area contributed by atoms with E-state index in [1.165, 1.54) is 10.6 Å². The van der Waals surface area contributed by atoms with Gasteiger partial charge in [0, 0.05) is 19.0 Å². The van der Waals surface area contributed by atoms with Gasteiger partial charge in [-0.2, -0.15) is 0 Å². The number of para-hydroxylation sites is 2. The monoisotopic (exact) mass is 338 g/mol. The fraction of sp³-hybridized carbons (Fsp3) is 0.562. The van der Waals surface area contributed by atoms with E-state index >= 15 is 0 Å². The second kappa shape index (κ2) is 6.13. The maximum Gasteiger partial charge on any atom is 0.230 e. The lowest BCUT2D eigenvalue weighted by atomic mass is 9.95. The standard InChI is InChI=1S/C16H22N2O4S/c1-12-11-22-15-6-4-3-5-14(15)18(12)16(19)13-7-9-17(10-8-13)23(2,20)21/h3-6,12-13H,7-11H2,1-2H3. The van der Waals surface area contributed by atoms with E-state index in [1.54, 1.807) is 0 Å². The molecule has 1 aromatic carbocycles. The van der Waals surface area contributed by atoms with Crippen molar-refractivity contribution in [1.29, 1.82) is 0 Å². The quantitative estimate of drug-likeness (QED) is 0.819. The molecule has 23 heavy (non-hydrogen) atoms. The summed E-state index contributed by atoms with van der Waals surface area (Å²) in [5.74, 6) is 0.663. The van der Waals surface area contributed by atoms with E-state index in [2.05, 4.69) is 0 Å². The van der Waals surface area contributed by atoms with Gasteiger partial charge in [0.15, 0.2) is 0 Å². The van der Waals surface area contributed by atoms with Crippen molar-refractivity contribution in [2.45, 2.75) is 25.8 Å². The molecule has 1 atom stereocenters. The maximum absolute atomic E-state index is 13.0. The summed E-state index contributed by atoms with van der Waals surface area (Å²) in [6.07, 6.45) is 2.35. The zero-order valence-electron chi connectivity index (χ0n) is 13.4. The second-order valence-corrected chi connectivity index (χ2v) is 8.25. The Labute approximate surface area is 137 Å². The fourth-order valence-electron chi connectivity index (χ4n) is 3.27. The van der Waals surface area contributed by atoms with E-state index in [-0.39, 0.29) is 17.9 Å². The third-order valence-corrected chi connectivity index (χ3v) is 5.86. The highest BCUT2D eigenvalue weighted by Gasteiger charge is 2.36. The minimum Gasteiger partial charge on any atom is -0.489 e. The first-order chi connectivity index (χ1) is 10.9. The minimum absolute atomic E-state index is 0.0228. The van der Waals surface area contributed by atoms with Crippen molar-refractivity contribution in [3.8, 4) is 5.75 Å². The van der Waals surface area contributed by atoms with E-state index in [4.69, 9.17) is 4.74 Å². The molecule has 0 aromatic heterocycles. The van der Waals surface area contributed by atoms with Gasteiger partial charge in [0.1, 0.15) is 12.4 Å². The van der Waals surface area contributed by atoms with Gasteiger partial charge in [0.25, 0.3) is 0 Å². The molecular weight excluding hydrogens is 316 g/mol. The van der Waals surface area contributed by atoms with Gasteiger partial charge in [-0.05, 0) is 31.9 Å². The van der Waals surface area contributed by atoms with Gasteiger partial charge in [0.05, 0.1) is 18.0 Å². The van der Waals surface area contributed by atoms with Gasteiger partial charge in [-0.25, -0.2) is 12.7 Å². The molecule has 1 aromatic rings. The van der Waals surface area contributed by atoms with Crippen LogP contribution in [0.5, 0.6) is 5.75 Å². The summed E-state index contributed by atoms with van der Waals surface area (Å²) in [6.45, 7) is 3.27. The summed E-state index contributed by atoms with van der Waals surface area (Å²) in [5, 5.41) is 0. The first kappa shape index (κ1) is 16.3. The summed E-state index contributed by atoms with van der Waals surface area (Å²) in [6, 6.07) is 7.53. The van der Waals surface area contributed by atoms with Crippen LogP contribution in [-0.4, -0.2) is 50.6 Å². The molecule has 1 saturated heterocycles. The van der Waals surface area contributed by atoms with Crippen LogP contribution in [0.4, 0.5) is 5.69 Å². The van der Waals surface area contributed by atoms with E-state index in [9.17, 15) is 13.2 Å². The fourth-order valence-corrected chi connectivity index (χ4v) is 4.14. The van der Waals surface area contributed by atoms with Crippen LogP contribution in [0, 0.1) is 5.92 Å². The Morgan fingerprint density at radius 2 is 1.87 bits per heavy atom. The van der Waals surface area contributed by atoms with Crippen molar-refractivity contribution in [2.24, 2.45) is 5.92 Å². The predicted octanol–water partition coefficient (Wildman–Crippen LogP) is 1.47. The molecule has 7 heteroatoms. The second-order valence-electron chi connectivity index (χ2n) is 6.27. The van der Waals surface area contributed by atoms with Gasteiger partial charge in [-0.3, -0.25) is 4.79 Å². The van der Waals surface area contributed by atoms with Crippen LogP contribution in [0.2, 0.25) is 0 Å². The Kier molecular flexibility index (Phi) is 4.33. The molecule has 0 aliphatic carbocycles. The average Bonchev–Trinajstić information content (AvgIpc) is 2.53. The number of nitrogens with zero attached hydrogens (tertiary/aromatic N) is 2. The third-order valence-electron chi connectivity index (χ3n) is 4.56. The van der Waals surface area contributed by atoms with Crippen LogP contribution in [0.1, 0.15) is 19.8 Å². The summed E-state index contributed by atoms with van der Waals surface area (Å²) in [4.78, 5) is 14.8. The van der Waals surface area contributed by atoms with Crippen molar-refractivity contribution in [1.82, 2.24) is 4.31 Å². The van der Waals surface area contributed by atoms with Crippen LogP contribution in [0.25, 0.3) is 0 Å². The number of carbonyl (C=O) groups excluding carboxylic acids is 1. The van der Waals surface area contributed by atoms with Crippen molar-refractivity contribution >= 4 is 21.6 Å². The van der Waals surface area contributed by atoms with Gasteiger partial charge in [-0.15, -0.1) is 0 Å². The molecular formula is C16H22N2O4S. The molecule has 2 heterocycles. The maximum atomic E-state index is 13.0. The zero-order valence-corrected chi connectivity index (χ0v) is 14.3. The van der Waals surface area contributed by atoms with Gasteiger partial charge < -0.3 is 9.64 Å². The molecule has 1 unspecified atom stereocenters. The molecule has 0 spiro atoms. The number of carbonyl (C=O) groups is 1. The van der Waals surface area contributed by atoms with Crippen molar-refractivity contribution < 1.29 is 17.9 Å². The third kappa shape index (κ3) is 3.21. The number of ether oxygens (including phenoxy) is 1. The normalized spacial score (nSPS) is 23.2. The number of piperidine rings is 1. The SMILES string of the molecule is CC1COc2ccccc2N1C(=O)C1CCN(S(C)(=O)=O)CC1. The highest BCUT2D eigenvalue weighted by molar-refractivity contribution is 7.88. The Morgan fingerprint density at radius 3 is 2.52 bits per heavy atom. The molecule has 0 saturated carbocycles. The van der Waals surface area contributed by atoms with E-state index in [1.807, 2.05) is 36.1 Å². The highest BCUT2D eigenvalue weighted by atomic mass is 32.2. The van der Waals surface area contributed by atoms with Gasteiger partial charge in [-0.1, -0.05) is 12.1 Å². The number of sulfonamides is 1. The number of benzene rings is 1. The van der Waals surface area contributed by atoms with Crippen molar-refractivity contribution in [2.75, 3.05) is 30.9 Å². The molecule has 3 rings (SSSR count). The number of anilines is 1. The molecule has 2 aliphatic heterocycles. The Balaban J connectivity index is 1.77. The van der Waals surface area contributed by atoms with Gasteiger partial charge in [0.2, 0.25) is 15.9 Å². The number of hydrogen-bond donors (Lipinski definition) is 0.